The van der Waals surface area contributed by atoms with Gasteiger partial charge in [-0.25, -0.2) is 0 Å². The van der Waals surface area contributed by atoms with E-state index in [1.807, 2.05) is 31.3 Å². The number of rotatable bonds is 6. The summed E-state index contributed by atoms with van der Waals surface area (Å²) in [6.07, 6.45) is 4.39. The van der Waals surface area contributed by atoms with E-state index in [9.17, 15) is 4.79 Å². The summed E-state index contributed by atoms with van der Waals surface area (Å²) in [5.74, 6) is -0.0463. The summed E-state index contributed by atoms with van der Waals surface area (Å²) in [7, 11) is 1.81. The van der Waals surface area contributed by atoms with Crippen LogP contribution in [-0.4, -0.2) is 27.6 Å². The maximum atomic E-state index is 12.7. The zero-order chi connectivity index (χ0) is 18.5. The molecule has 2 aromatic carbocycles. The zero-order valence-corrected chi connectivity index (χ0v) is 15.8. The Morgan fingerprint density at radius 1 is 1.12 bits per heavy atom. The highest BCUT2D eigenvalue weighted by molar-refractivity contribution is 6.31. The topological polar surface area (TPSA) is 38.1 Å². The number of aryl methyl sites for hydroxylation is 1. The van der Waals surface area contributed by atoms with Gasteiger partial charge < -0.3 is 4.90 Å². The van der Waals surface area contributed by atoms with Gasteiger partial charge in [-0.05, 0) is 29.2 Å². The molecule has 26 heavy (non-hydrogen) atoms. The highest BCUT2D eigenvalue weighted by Crippen LogP contribution is 2.16. The van der Waals surface area contributed by atoms with E-state index in [1.54, 1.807) is 22.0 Å². The minimum atomic E-state index is -0.0463. The molecule has 0 aliphatic carbocycles. The fraction of sp³-hybridized carbons (Fsp3) is 0.238. The van der Waals surface area contributed by atoms with Crippen molar-refractivity contribution in [1.29, 1.82) is 0 Å². The lowest BCUT2D eigenvalue weighted by molar-refractivity contribution is 0.0785. The summed E-state index contributed by atoms with van der Waals surface area (Å²) in [6, 6.07) is 16.0. The Kier molecular flexibility index (Phi) is 5.74. The predicted molar refractivity (Wildman–Crippen MR) is 104 cm³/mol. The Morgan fingerprint density at radius 3 is 2.50 bits per heavy atom. The summed E-state index contributed by atoms with van der Waals surface area (Å²) in [4.78, 5) is 14.4. The van der Waals surface area contributed by atoms with Crippen LogP contribution in [0.1, 0.15) is 34.0 Å². The van der Waals surface area contributed by atoms with Gasteiger partial charge in [-0.2, -0.15) is 5.10 Å². The average Bonchev–Trinajstić information content (AvgIpc) is 3.12. The van der Waals surface area contributed by atoms with Gasteiger partial charge in [0.1, 0.15) is 0 Å². The average molecular weight is 368 g/mol. The second-order valence-electron chi connectivity index (χ2n) is 6.35. The number of aromatic nitrogens is 2. The van der Waals surface area contributed by atoms with E-state index < -0.39 is 0 Å². The summed E-state index contributed by atoms with van der Waals surface area (Å²) < 4.78 is 1.73. The van der Waals surface area contributed by atoms with E-state index in [2.05, 4.69) is 36.3 Å². The molecule has 4 nitrogen and oxygen atoms in total. The summed E-state index contributed by atoms with van der Waals surface area (Å²) in [5, 5.41) is 4.99. The second kappa shape index (κ2) is 8.19. The molecule has 0 aliphatic rings. The number of hydrogen-bond donors (Lipinski definition) is 0. The number of benzene rings is 2. The first-order chi connectivity index (χ1) is 12.6. The van der Waals surface area contributed by atoms with Crippen molar-refractivity contribution >= 4 is 17.5 Å². The van der Waals surface area contributed by atoms with Gasteiger partial charge in [0, 0.05) is 24.8 Å². The summed E-state index contributed by atoms with van der Waals surface area (Å²) in [5.41, 5.74) is 3.95. The maximum absolute atomic E-state index is 12.7. The first-order valence-corrected chi connectivity index (χ1v) is 9.03. The third kappa shape index (κ3) is 4.33. The molecule has 0 radical (unpaired) electrons. The van der Waals surface area contributed by atoms with Gasteiger partial charge in [0.15, 0.2) is 0 Å². The molecule has 5 heteroatoms. The summed E-state index contributed by atoms with van der Waals surface area (Å²) in [6.45, 7) is 3.23. The molecular formula is C21H22ClN3O. The minimum Gasteiger partial charge on any atom is -0.337 e. The Balaban J connectivity index is 1.65. The predicted octanol–water partition coefficient (Wildman–Crippen LogP) is 4.42. The Bertz CT molecular complexity index is 886. The number of carbonyl (C=O) groups excluding carboxylic acids is 1. The minimum absolute atomic E-state index is 0.0463. The molecule has 0 saturated carbocycles. The third-order valence-corrected chi connectivity index (χ3v) is 4.74. The number of nitrogens with zero attached hydrogens (tertiary/aromatic N) is 3. The molecule has 0 saturated heterocycles. The van der Waals surface area contributed by atoms with Gasteiger partial charge in [0.2, 0.25) is 0 Å². The molecule has 3 aromatic rings. The van der Waals surface area contributed by atoms with Crippen molar-refractivity contribution in [3.63, 3.8) is 0 Å². The third-order valence-electron chi connectivity index (χ3n) is 4.37. The van der Waals surface area contributed by atoms with Gasteiger partial charge in [-0.1, -0.05) is 61.0 Å². The van der Waals surface area contributed by atoms with E-state index in [4.69, 9.17) is 11.6 Å². The highest BCUT2D eigenvalue weighted by atomic mass is 35.5. The van der Waals surface area contributed by atoms with Crippen LogP contribution in [0.3, 0.4) is 0 Å². The molecule has 0 atom stereocenters. The number of hydrogen-bond acceptors (Lipinski definition) is 2. The van der Waals surface area contributed by atoms with E-state index in [0.29, 0.717) is 23.7 Å². The van der Waals surface area contributed by atoms with E-state index in [-0.39, 0.29) is 5.91 Å². The van der Waals surface area contributed by atoms with Crippen LogP contribution < -0.4 is 0 Å². The molecule has 0 bridgehead atoms. The smallest absolute Gasteiger partial charge is 0.257 e. The number of halogens is 1. The van der Waals surface area contributed by atoms with Crippen molar-refractivity contribution in [2.75, 3.05) is 7.05 Å². The van der Waals surface area contributed by atoms with Crippen LogP contribution in [0.15, 0.2) is 60.9 Å². The molecule has 134 valence electrons. The molecule has 0 N–H and O–H groups in total. The fourth-order valence-electron chi connectivity index (χ4n) is 2.81. The highest BCUT2D eigenvalue weighted by Gasteiger charge is 2.14. The van der Waals surface area contributed by atoms with E-state index >= 15 is 0 Å². The van der Waals surface area contributed by atoms with Crippen LogP contribution in [0.2, 0.25) is 5.02 Å². The monoisotopic (exact) mass is 367 g/mol. The standard InChI is InChI=1S/C21H22ClN3O/c1-3-16-8-10-17(11-9-16)13-24(2)21(26)19-12-23-25(15-19)14-18-6-4-5-7-20(18)22/h4-12,15H,3,13-14H2,1-2H3. The maximum Gasteiger partial charge on any atom is 0.257 e. The Labute approximate surface area is 159 Å². The first kappa shape index (κ1) is 18.2. The normalized spacial score (nSPS) is 10.7. The van der Waals surface area contributed by atoms with Crippen molar-refractivity contribution in [2.24, 2.45) is 0 Å². The lowest BCUT2D eigenvalue weighted by atomic mass is 10.1. The van der Waals surface area contributed by atoms with Gasteiger partial charge in [-0.3, -0.25) is 9.48 Å². The molecule has 0 unspecified atom stereocenters. The molecule has 1 heterocycles. The molecule has 0 fully saturated rings. The van der Waals surface area contributed by atoms with Crippen LogP contribution in [0, 0.1) is 0 Å². The quantitative estimate of drug-likeness (QED) is 0.646. The molecule has 1 amide bonds. The number of carbonyl (C=O) groups is 1. The largest absolute Gasteiger partial charge is 0.337 e. The van der Waals surface area contributed by atoms with Crippen molar-refractivity contribution in [2.45, 2.75) is 26.4 Å². The van der Waals surface area contributed by atoms with Crippen LogP contribution in [0.4, 0.5) is 0 Å². The Hall–Kier alpha value is -2.59. The molecule has 3 rings (SSSR count). The van der Waals surface area contributed by atoms with Crippen LogP contribution in [0.25, 0.3) is 0 Å². The SMILES string of the molecule is CCc1ccc(CN(C)C(=O)c2cnn(Cc3ccccc3Cl)c2)cc1. The van der Waals surface area contributed by atoms with Crippen molar-refractivity contribution in [3.8, 4) is 0 Å². The first-order valence-electron chi connectivity index (χ1n) is 8.66. The van der Waals surface area contributed by atoms with Crippen molar-refractivity contribution in [3.05, 3.63) is 88.2 Å². The summed E-state index contributed by atoms with van der Waals surface area (Å²) >= 11 is 6.19. The molecule has 0 spiro atoms. The van der Waals surface area contributed by atoms with Gasteiger partial charge >= 0.3 is 0 Å². The number of amides is 1. The Morgan fingerprint density at radius 2 is 1.81 bits per heavy atom. The lowest BCUT2D eigenvalue weighted by Crippen LogP contribution is -2.25. The fourth-order valence-corrected chi connectivity index (χ4v) is 3.00. The molecular weight excluding hydrogens is 346 g/mol. The molecule has 1 aromatic heterocycles. The molecule has 0 aliphatic heterocycles. The van der Waals surface area contributed by atoms with Gasteiger partial charge in [0.25, 0.3) is 5.91 Å². The zero-order valence-electron chi connectivity index (χ0n) is 15.0. The van der Waals surface area contributed by atoms with Crippen LogP contribution in [0.5, 0.6) is 0 Å². The van der Waals surface area contributed by atoms with E-state index in [0.717, 1.165) is 17.5 Å². The second-order valence-corrected chi connectivity index (χ2v) is 6.76. The van der Waals surface area contributed by atoms with Crippen LogP contribution >= 0.6 is 11.6 Å². The van der Waals surface area contributed by atoms with Crippen LogP contribution in [-0.2, 0) is 19.5 Å². The van der Waals surface area contributed by atoms with E-state index in [1.165, 1.54) is 5.56 Å². The van der Waals surface area contributed by atoms with Gasteiger partial charge in [-0.15, -0.1) is 0 Å². The van der Waals surface area contributed by atoms with Crippen molar-refractivity contribution in [1.82, 2.24) is 14.7 Å². The lowest BCUT2D eigenvalue weighted by Gasteiger charge is -2.16. The van der Waals surface area contributed by atoms with Gasteiger partial charge in [0.05, 0.1) is 18.3 Å². The van der Waals surface area contributed by atoms with Crippen molar-refractivity contribution < 1.29 is 4.79 Å².